The van der Waals surface area contributed by atoms with Gasteiger partial charge in [-0.15, -0.1) is 0 Å². The molecule has 0 atom stereocenters. The van der Waals surface area contributed by atoms with Crippen LogP contribution >= 0.6 is 15.9 Å². The van der Waals surface area contributed by atoms with Gasteiger partial charge in [0.05, 0.1) is 19.2 Å². The van der Waals surface area contributed by atoms with E-state index in [1.54, 1.807) is 24.3 Å². The molecule has 0 saturated carbocycles. The molecule has 0 spiro atoms. The lowest BCUT2D eigenvalue weighted by atomic mass is 10.2. The van der Waals surface area contributed by atoms with Gasteiger partial charge >= 0.3 is 5.97 Å². The summed E-state index contributed by atoms with van der Waals surface area (Å²) in [5.41, 5.74) is 2.91. The molecule has 0 heterocycles. The number of carbonyl (C=O) groups excluding carboxylic acids is 2. The van der Waals surface area contributed by atoms with E-state index in [9.17, 15) is 9.59 Å². The van der Waals surface area contributed by atoms with Crippen LogP contribution in [0.25, 0.3) is 0 Å². The molecule has 0 unspecified atom stereocenters. The first kappa shape index (κ1) is 17.0. The van der Waals surface area contributed by atoms with Crippen LogP contribution < -0.4 is 10.6 Å². The summed E-state index contributed by atoms with van der Waals surface area (Å²) in [6, 6.07) is 12.4. The number of esters is 1. The number of rotatable bonds is 5. The Balaban J connectivity index is 1.94. The highest BCUT2D eigenvalue weighted by Gasteiger charge is 2.08. The van der Waals surface area contributed by atoms with Gasteiger partial charge in [-0.05, 0) is 42.8 Å². The van der Waals surface area contributed by atoms with E-state index < -0.39 is 5.97 Å². The van der Waals surface area contributed by atoms with Gasteiger partial charge in [-0.3, -0.25) is 4.79 Å². The molecular formula is C17H17BrN2O3. The predicted octanol–water partition coefficient (Wildman–Crippen LogP) is 3.59. The Labute approximate surface area is 143 Å². The summed E-state index contributed by atoms with van der Waals surface area (Å²) in [4.78, 5) is 23.5. The summed E-state index contributed by atoms with van der Waals surface area (Å²) in [7, 11) is 1.32. The molecule has 2 aromatic carbocycles. The highest BCUT2D eigenvalue weighted by atomic mass is 79.9. The van der Waals surface area contributed by atoms with Gasteiger partial charge in [-0.25, -0.2) is 4.79 Å². The van der Waals surface area contributed by atoms with Gasteiger partial charge in [0.25, 0.3) is 0 Å². The van der Waals surface area contributed by atoms with Crippen molar-refractivity contribution in [3.63, 3.8) is 0 Å². The molecule has 23 heavy (non-hydrogen) atoms. The Kier molecular flexibility index (Phi) is 5.76. The first-order valence-electron chi connectivity index (χ1n) is 6.98. The van der Waals surface area contributed by atoms with Crippen molar-refractivity contribution in [1.29, 1.82) is 0 Å². The summed E-state index contributed by atoms with van der Waals surface area (Å²) in [6.07, 6.45) is 0. The van der Waals surface area contributed by atoms with Crippen molar-refractivity contribution in [3.05, 3.63) is 58.1 Å². The van der Waals surface area contributed by atoms with E-state index in [4.69, 9.17) is 0 Å². The van der Waals surface area contributed by atoms with Gasteiger partial charge in [-0.2, -0.15) is 0 Å². The predicted molar refractivity (Wildman–Crippen MR) is 93.8 cm³/mol. The molecular weight excluding hydrogens is 360 g/mol. The molecule has 0 aliphatic carbocycles. The second-order valence-corrected chi connectivity index (χ2v) is 5.79. The fourth-order valence-corrected chi connectivity index (χ4v) is 2.31. The van der Waals surface area contributed by atoms with Gasteiger partial charge in [0, 0.05) is 15.8 Å². The van der Waals surface area contributed by atoms with Crippen molar-refractivity contribution in [3.8, 4) is 0 Å². The Hall–Kier alpha value is -2.34. The number of methoxy groups -OCH3 is 1. The number of halogens is 1. The van der Waals surface area contributed by atoms with E-state index in [1.165, 1.54) is 7.11 Å². The van der Waals surface area contributed by atoms with Crippen LogP contribution in [0.3, 0.4) is 0 Å². The fraction of sp³-hybridized carbons (Fsp3) is 0.176. The maximum Gasteiger partial charge on any atom is 0.337 e. The standard InChI is InChI=1S/C17H17BrN2O3/c1-11-6-7-13(9-15(11)18)19-10-16(21)20-14-5-3-4-12(8-14)17(22)23-2/h3-9,19H,10H2,1-2H3,(H,20,21). The van der Waals surface area contributed by atoms with E-state index in [0.717, 1.165) is 15.7 Å². The van der Waals surface area contributed by atoms with Crippen LogP contribution in [0.5, 0.6) is 0 Å². The lowest BCUT2D eigenvalue weighted by Gasteiger charge is -2.09. The zero-order chi connectivity index (χ0) is 16.8. The summed E-state index contributed by atoms with van der Waals surface area (Å²) in [5.74, 6) is -0.646. The summed E-state index contributed by atoms with van der Waals surface area (Å²) in [6.45, 7) is 2.12. The number of hydrogen-bond acceptors (Lipinski definition) is 4. The second kappa shape index (κ2) is 7.78. The average molecular weight is 377 g/mol. The van der Waals surface area contributed by atoms with Crippen LogP contribution in [0.1, 0.15) is 15.9 Å². The molecule has 120 valence electrons. The van der Waals surface area contributed by atoms with Crippen LogP contribution in [-0.2, 0) is 9.53 Å². The van der Waals surface area contributed by atoms with E-state index in [1.807, 2.05) is 25.1 Å². The molecule has 0 radical (unpaired) electrons. The van der Waals surface area contributed by atoms with Crippen LogP contribution in [0.4, 0.5) is 11.4 Å². The Bertz CT molecular complexity index is 732. The van der Waals surface area contributed by atoms with E-state index in [2.05, 4.69) is 31.3 Å². The van der Waals surface area contributed by atoms with E-state index in [-0.39, 0.29) is 12.5 Å². The first-order chi connectivity index (χ1) is 11.0. The van der Waals surface area contributed by atoms with Crippen LogP contribution in [0.15, 0.2) is 46.9 Å². The molecule has 1 amide bonds. The number of amides is 1. The minimum atomic E-state index is -0.441. The molecule has 0 bridgehead atoms. The zero-order valence-corrected chi connectivity index (χ0v) is 14.4. The van der Waals surface area contributed by atoms with Gasteiger partial charge in [-0.1, -0.05) is 28.1 Å². The highest BCUT2D eigenvalue weighted by molar-refractivity contribution is 9.10. The van der Waals surface area contributed by atoms with Gasteiger partial charge in [0.15, 0.2) is 0 Å². The lowest BCUT2D eigenvalue weighted by molar-refractivity contribution is -0.114. The van der Waals surface area contributed by atoms with Crippen LogP contribution in [-0.4, -0.2) is 25.5 Å². The molecule has 2 aromatic rings. The maximum absolute atomic E-state index is 12.0. The smallest absolute Gasteiger partial charge is 0.337 e. The minimum Gasteiger partial charge on any atom is -0.465 e. The Morgan fingerprint density at radius 3 is 2.61 bits per heavy atom. The fourth-order valence-electron chi connectivity index (χ4n) is 1.93. The van der Waals surface area contributed by atoms with Crippen LogP contribution in [0, 0.1) is 6.92 Å². The van der Waals surface area contributed by atoms with Crippen molar-refractivity contribution < 1.29 is 14.3 Å². The third-order valence-corrected chi connectivity index (χ3v) is 4.05. The molecule has 0 aromatic heterocycles. The number of ether oxygens (including phenoxy) is 1. The zero-order valence-electron chi connectivity index (χ0n) is 12.9. The number of nitrogens with one attached hydrogen (secondary N) is 2. The van der Waals surface area contributed by atoms with Crippen molar-refractivity contribution in [2.75, 3.05) is 24.3 Å². The van der Waals surface area contributed by atoms with Gasteiger partial charge < -0.3 is 15.4 Å². The SMILES string of the molecule is COC(=O)c1cccc(NC(=O)CNc2ccc(C)c(Br)c2)c1. The maximum atomic E-state index is 12.0. The normalized spacial score (nSPS) is 10.0. The second-order valence-electron chi connectivity index (χ2n) is 4.94. The molecule has 0 aliphatic heterocycles. The third-order valence-electron chi connectivity index (χ3n) is 3.19. The monoisotopic (exact) mass is 376 g/mol. The quantitative estimate of drug-likeness (QED) is 0.782. The molecule has 5 nitrogen and oxygen atoms in total. The first-order valence-corrected chi connectivity index (χ1v) is 7.77. The molecule has 2 rings (SSSR count). The van der Waals surface area contributed by atoms with E-state index in [0.29, 0.717) is 11.3 Å². The van der Waals surface area contributed by atoms with Gasteiger partial charge in [0.1, 0.15) is 0 Å². The lowest BCUT2D eigenvalue weighted by Crippen LogP contribution is -2.21. The number of hydrogen-bond donors (Lipinski definition) is 2. The molecule has 6 heteroatoms. The number of aryl methyl sites for hydroxylation is 1. The number of benzene rings is 2. The summed E-state index contributed by atoms with van der Waals surface area (Å²) >= 11 is 3.45. The average Bonchev–Trinajstić information content (AvgIpc) is 2.55. The van der Waals surface area contributed by atoms with E-state index >= 15 is 0 Å². The Morgan fingerprint density at radius 2 is 1.91 bits per heavy atom. The largest absolute Gasteiger partial charge is 0.465 e. The number of anilines is 2. The minimum absolute atomic E-state index is 0.123. The molecule has 2 N–H and O–H groups in total. The molecule has 0 fully saturated rings. The van der Waals surface area contributed by atoms with Crippen molar-refractivity contribution in [2.45, 2.75) is 6.92 Å². The highest BCUT2D eigenvalue weighted by Crippen LogP contribution is 2.20. The Morgan fingerprint density at radius 1 is 1.13 bits per heavy atom. The number of carbonyl (C=O) groups is 2. The summed E-state index contributed by atoms with van der Waals surface area (Å²) in [5, 5.41) is 5.78. The van der Waals surface area contributed by atoms with Crippen molar-refractivity contribution in [2.24, 2.45) is 0 Å². The van der Waals surface area contributed by atoms with Gasteiger partial charge in [0.2, 0.25) is 5.91 Å². The third kappa shape index (κ3) is 4.82. The molecule has 0 saturated heterocycles. The topological polar surface area (TPSA) is 67.4 Å². The summed E-state index contributed by atoms with van der Waals surface area (Å²) < 4.78 is 5.63. The molecule has 0 aliphatic rings. The van der Waals surface area contributed by atoms with Crippen molar-refractivity contribution >= 4 is 39.2 Å². The van der Waals surface area contributed by atoms with Crippen molar-refractivity contribution in [1.82, 2.24) is 0 Å². The van der Waals surface area contributed by atoms with Crippen LogP contribution in [0.2, 0.25) is 0 Å².